The molecule has 0 saturated heterocycles. The molecule has 22 heavy (non-hydrogen) atoms. The molecule has 1 aromatic carbocycles. The Morgan fingerprint density at radius 3 is 2.86 bits per heavy atom. The Hall–Kier alpha value is -1.84. The summed E-state index contributed by atoms with van der Waals surface area (Å²) in [6.45, 7) is 2.47. The van der Waals surface area contributed by atoms with Crippen LogP contribution in [-0.2, 0) is 4.79 Å². The van der Waals surface area contributed by atoms with E-state index in [1.807, 2.05) is 6.92 Å². The number of amides is 1. The van der Waals surface area contributed by atoms with Crippen LogP contribution >= 0.6 is 0 Å². The molecule has 1 N–H and O–H groups in total. The van der Waals surface area contributed by atoms with E-state index in [1.54, 1.807) is 12.1 Å². The van der Waals surface area contributed by atoms with Gasteiger partial charge in [-0.15, -0.1) is 0 Å². The van der Waals surface area contributed by atoms with E-state index in [-0.39, 0.29) is 11.7 Å². The number of carbonyl (C=O) groups excluding carboxylic acids is 1. The van der Waals surface area contributed by atoms with E-state index >= 15 is 0 Å². The van der Waals surface area contributed by atoms with Crippen molar-refractivity contribution in [2.45, 2.75) is 51.6 Å². The minimum Gasteiger partial charge on any atom is -0.478 e. The molecule has 120 valence electrons. The fourth-order valence-corrected chi connectivity index (χ4v) is 2.61. The summed E-state index contributed by atoms with van der Waals surface area (Å²) in [7, 11) is 0. The van der Waals surface area contributed by atoms with Crippen molar-refractivity contribution in [3.05, 3.63) is 41.7 Å². The Morgan fingerprint density at radius 1 is 1.36 bits per heavy atom. The average Bonchev–Trinajstić information content (AvgIpc) is 2.55. The molecule has 2 rings (SSSR count). The third-order valence-corrected chi connectivity index (χ3v) is 3.90. The van der Waals surface area contributed by atoms with Crippen molar-refractivity contribution < 1.29 is 13.9 Å². The van der Waals surface area contributed by atoms with Crippen LogP contribution in [0.25, 0.3) is 0 Å². The van der Waals surface area contributed by atoms with E-state index in [1.165, 1.54) is 30.5 Å². The van der Waals surface area contributed by atoms with Crippen LogP contribution in [0, 0.1) is 5.82 Å². The molecule has 1 aromatic rings. The highest BCUT2D eigenvalue weighted by atomic mass is 19.1. The lowest BCUT2D eigenvalue weighted by atomic mass is 9.97. The minimum absolute atomic E-state index is 0.125. The topological polar surface area (TPSA) is 38.3 Å². The molecule has 3 nitrogen and oxygen atoms in total. The first-order chi connectivity index (χ1) is 10.7. The number of benzene rings is 1. The van der Waals surface area contributed by atoms with Gasteiger partial charge in [-0.1, -0.05) is 30.7 Å². The van der Waals surface area contributed by atoms with Crippen molar-refractivity contribution in [2.24, 2.45) is 0 Å². The maximum atomic E-state index is 13.6. The van der Waals surface area contributed by atoms with Gasteiger partial charge in [0.15, 0.2) is 17.7 Å². The molecule has 0 saturated carbocycles. The van der Waals surface area contributed by atoms with Gasteiger partial charge in [-0.25, -0.2) is 4.39 Å². The first-order valence-electron chi connectivity index (χ1n) is 8.07. The number of halogens is 1. The van der Waals surface area contributed by atoms with Gasteiger partial charge in [0.25, 0.3) is 5.91 Å². The average molecular weight is 305 g/mol. The number of nitrogens with one attached hydrogen (secondary N) is 1. The number of carbonyl (C=O) groups is 1. The Morgan fingerprint density at radius 2 is 2.18 bits per heavy atom. The summed E-state index contributed by atoms with van der Waals surface area (Å²) in [6, 6.07) is 6.16. The molecule has 1 atom stereocenters. The number of hydrogen-bond acceptors (Lipinski definition) is 2. The molecule has 0 unspecified atom stereocenters. The van der Waals surface area contributed by atoms with E-state index in [9.17, 15) is 9.18 Å². The Bertz CT molecular complexity index is 528. The summed E-state index contributed by atoms with van der Waals surface area (Å²) < 4.78 is 19.1. The second-order valence-corrected chi connectivity index (χ2v) is 5.59. The largest absolute Gasteiger partial charge is 0.478 e. The number of para-hydroxylation sites is 1. The van der Waals surface area contributed by atoms with Gasteiger partial charge in [-0.05, 0) is 50.7 Å². The number of ether oxygens (including phenoxy) is 1. The van der Waals surface area contributed by atoms with Crippen LogP contribution in [0.5, 0.6) is 5.75 Å². The molecule has 4 heteroatoms. The molecule has 1 amide bonds. The standard InChI is InChI=1S/C18H24FNO2/c1-2-16(22-17-11-7-6-10-15(17)19)18(21)20-13-12-14-8-4-3-5-9-14/h6-8,10-11,16H,2-5,9,12-13H2,1H3,(H,20,21)/t16-/m1/s1. The van der Waals surface area contributed by atoms with Crippen LogP contribution in [-0.4, -0.2) is 18.6 Å². The molecule has 0 spiro atoms. The third-order valence-electron chi connectivity index (χ3n) is 3.90. The minimum atomic E-state index is -0.655. The van der Waals surface area contributed by atoms with Crippen LogP contribution in [0.3, 0.4) is 0 Å². The molecule has 0 bridgehead atoms. The van der Waals surface area contributed by atoms with E-state index in [0.717, 1.165) is 19.3 Å². The van der Waals surface area contributed by atoms with Crippen molar-refractivity contribution in [1.82, 2.24) is 5.32 Å². The van der Waals surface area contributed by atoms with Crippen LogP contribution in [0.1, 0.15) is 45.4 Å². The summed E-state index contributed by atoms with van der Waals surface area (Å²) in [6.07, 6.45) is 7.82. The second-order valence-electron chi connectivity index (χ2n) is 5.59. The summed E-state index contributed by atoms with van der Waals surface area (Å²) >= 11 is 0. The fraction of sp³-hybridized carbons (Fsp3) is 0.500. The predicted octanol–water partition coefficient (Wildman–Crippen LogP) is 3.99. The van der Waals surface area contributed by atoms with Crippen molar-refractivity contribution in [3.8, 4) is 5.75 Å². The molecule has 0 aliphatic heterocycles. The lowest BCUT2D eigenvalue weighted by molar-refractivity contribution is -0.128. The zero-order valence-electron chi connectivity index (χ0n) is 13.1. The molecular weight excluding hydrogens is 281 g/mol. The van der Waals surface area contributed by atoms with Gasteiger partial charge in [0, 0.05) is 6.54 Å². The first kappa shape index (κ1) is 16.5. The van der Waals surface area contributed by atoms with Gasteiger partial charge in [0.2, 0.25) is 0 Å². The molecule has 0 aromatic heterocycles. The van der Waals surface area contributed by atoms with Crippen molar-refractivity contribution in [2.75, 3.05) is 6.54 Å². The van der Waals surface area contributed by atoms with Gasteiger partial charge in [0.1, 0.15) is 0 Å². The maximum Gasteiger partial charge on any atom is 0.261 e. The molecule has 1 aliphatic carbocycles. The summed E-state index contributed by atoms with van der Waals surface area (Å²) in [5.74, 6) is -0.497. The summed E-state index contributed by atoms with van der Waals surface area (Å²) in [4.78, 5) is 12.2. The van der Waals surface area contributed by atoms with Gasteiger partial charge in [-0.2, -0.15) is 0 Å². The highest BCUT2D eigenvalue weighted by Crippen LogP contribution is 2.20. The Balaban J connectivity index is 1.81. The van der Waals surface area contributed by atoms with E-state index in [2.05, 4.69) is 11.4 Å². The summed E-state index contributed by atoms with van der Waals surface area (Å²) in [5.41, 5.74) is 1.43. The van der Waals surface area contributed by atoms with E-state index < -0.39 is 11.9 Å². The third kappa shape index (κ3) is 4.86. The van der Waals surface area contributed by atoms with Gasteiger partial charge in [0.05, 0.1) is 0 Å². The highest BCUT2D eigenvalue weighted by Gasteiger charge is 2.19. The predicted molar refractivity (Wildman–Crippen MR) is 85.3 cm³/mol. The normalized spacial score (nSPS) is 15.8. The monoisotopic (exact) mass is 305 g/mol. The second kappa shape index (κ2) is 8.57. The lowest BCUT2D eigenvalue weighted by Gasteiger charge is -2.18. The van der Waals surface area contributed by atoms with Crippen molar-refractivity contribution in [3.63, 3.8) is 0 Å². The first-order valence-corrected chi connectivity index (χ1v) is 8.07. The smallest absolute Gasteiger partial charge is 0.261 e. The van der Waals surface area contributed by atoms with Gasteiger partial charge >= 0.3 is 0 Å². The maximum absolute atomic E-state index is 13.6. The van der Waals surface area contributed by atoms with Crippen LogP contribution in [0.2, 0.25) is 0 Å². The fourth-order valence-electron chi connectivity index (χ4n) is 2.61. The van der Waals surface area contributed by atoms with Crippen LogP contribution in [0.4, 0.5) is 4.39 Å². The van der Waals surface area contributed by atoms with E-state index in [4.69, 9.17) is 4.74 Å². The Labute approximate surface area is 131 Å². The molecule has 1 aliphatic rings. The highest BCUT2D eigenvalue weighted by molar-refractivity contribution is 5.81. The van der Waals surface area contributed by atoms with E-state index in [0.29, 0.717) is 13.0 Å². The Kier molecular flexibility index (Phi) is 6.44. The van der Waals surface area contributed by atoms with Gasteiger partial charge in [-0.3, -0.25) is 4.79 Å². The van der Waals surface area contributed by atoms with Crippen LogP contribution in [0.15, 0.2) is 35.9 Å². The van der Waals surface area contributed by atoms with Gasteiger partial charge < -0.3 is 10.1 Å². The zero-order valence-corrected chi connectivity index (χ0v) is 13.1. The quantitative estimate of drug-likeness (QED) is 0.774. The zero-order chi connectivity index (χ0) is 15.8. The molecule has 0 radical (unpaired) electrons. The number of rotatable bonds is 7. The lowest BCUT2D eigenvalue weighted by Crippen LogP contribution is -2.38. The molecule has 0 heterocycles. The number of allylic oxidation sites excluding steroid dienone is 1. The molecule has 0 fully saturated rings. The van der Waals surface area contributed by atoms with Crippen molar-refractivity contribution in [1.29, 1.82) is 0 Å². The number of hydrogen-bond donors (Lipinski definition) is 1. The summed E-state index contributed by atoms with van der Waals surface area (Å²) in [5, 5.41) is 2.89. The molecular formula is C18H24FNO2. The van der Waals surface area contributed by atoms with Crippen LogP contribution < -0.4 is 10.1 Å². The van der Waals surface area contributed by atoms with Crippen molar-refractivity contribution >= 4 is 5.91 Å². The SMILES string of the molecule is CC[C@@H](Oc1ccccc1F)C(=O)NCCC1=CCCCC1.